The van der Waals surface area contributed by atoms with Crippen LogP contribution in [0.15, 0.2) is 72.3 Å². The lowest BCUT2D eigenvalue weighted by Crippen LogP contribution is -2.29. The number of hydrogen-bond acceptors (Lipinski definition) is 6. The summed E-state index contributed by atoms with van der Waals surface area (Å²) in [6.45, 7) is 4.37. The van der Waals surface area contributed by atoms with Crippen LogP contribution in [0.25, 0.3) is 16.0 Å². The fourth-order valence-electron chi connectivity index (χ4n) is 4.14. The Bertz CT molecular complexity index is 1480. The number of ether oxygens (including phenoxy) is 1. The van der Waals surface area contributed by atoms with E-state index in [0.717, 1.165) is 15.8 Å². The van der Waals surface area contributed by atoms with Gasteiger partial charge in [0, 0.05) is 10.6 Å². The normalized spacial score (nSPS) is 17.3. The smallest absolute Gasteiger partial charge is 0.301 e. The van der Waals surface area contributed by atoms with Crippen molar-refractivity contribution in [1.82, 2.24) is 4.98 Å². The van der Waals surface area contributed by atoms with Crippen molar-refractivity contribution in [3.8, 4) is 5.75 Å². The van der Waals surface area contributed by atoms with Crippen LogP contribution in [0, 0.1) is 6.92 Å². The molecule has 0 saturated carbocycles. The van der Waals surface area contributed by atoms with E-state index in [1.54, 1.807) is 48.5 Å². The lowest BCUT2D eigenvalue weighted by atomic mass is 9.95. The van der Waals surface area contributed by atoms with Crippen LogP contribution in [-0.4, -0.2) is 28.4 Å². The van der Waals surface area contributed by atoms with Crippen LogP contribution in [0.3, 0.4) is 0 Å². The molecule has 1 amide bonds. The van der Waals surface area contributed by atoms with Gasteiger partial charge in [-0.1, -0.05) is 41.1 Å². The van der Waals surface area contributed by atoms with E-state index in [-0.39, 0.29) is 11.3 Å². The zero-order valence-corrected chi connectivity index (χ0v) is 20.6. The van der Waals surface area contributed by atoms with Crippen molar-refractivity contribution in [2.45, 2.75) is 19.9 Å². The maximum atomic E-state index is 13.3. The van der Waals surface area contributed by atoms with Crippen molar-refractivity contribution < 1.29 is 19.4 Å². The third-order valence-electron chi connectivity index (χ3n) is 5.81. The molecule has 1 atom stereocenters. The molecule has 6 nitrogen and oxygen atoms in total. The van der Waals surface area contributed by atoms with Crippen LogP contribution in [0.5, 0.6) is 5.75 Å². The Balaban J connectivity index is 1.68. The molecule has 0 bridgehead atoms. The van der Waals surface area contributed by atoms with Crippen molar-refractivity contribution in [1.29, 1.82) is 0 Å². The van der Waals surface area contributed by atoms with Crippen LogP contribution in [-0.2, 0) is 9.59 Å². The molecule has 5 rings (SSSR count). The van der Waals surface area contributed by atoms with Crippen LogP contribution in [0.4, 0.5) is 5.13 Å². The summed E-state index contributed by atoms with van der Waals surface area (Å²) in [4.78, 5) is 32.7. The summed E-state index contributed by atoms with van der Waals surface area (Å²) in [5, 5.41) is 12.2. The number of aliphatic hydroxyl groups excluding tert-OH is 1. The van der Waals surface area contributed by atoms with Gasteiger partial charge in [-0.25, -0.2) is 4.98 Å². The minimum atomic E-state index is -0.861. The van der Waals surface area contributed by atoms with Gasteiger partial charge >= 0.3 is 5.91 Å². The third kappa shape index (κ3) is 4.17. The van der Waals surface area contributed by atoms with E-state index in [9.17, 15) is 14.7 Å². The second-order valence-electron chi connectivity index (χ2n) is 8.15. The summed E-state index contributed by atoms with van der Waals surface area (Å²) >= 11 is 7.43. The molecule has 0 unspecified atom stereocenters. The Morgan fingerprint density at radius 1 is 1.09 bits per heavy atom. The first-order valence-corrected chi connectivity index (χ1v) is 12.2. The molecule has 176 valence electrons. The van der Waals surface area contributed by atoms with Gasteiger partial charge in [0.1, 0.15) is 11.5 Å². The molecule has 1 saturated heterocycles. The van der Waals surface area contributed by atoms with Gasteiger partial charge in [-0.05, 0) is 73.5 Å². The molecule has 0 radical (unpaired) electrons. The number of aromatic nitrogens is 1. The fraction of sp³-hybridized carbons (Fsp3) is 0.148. The highest BCUT2D eigenvalue weighted by atomic mass is 35.5. The summed E-state index contributed by atoms with van der Waals surface area (Å²) in [6.07, 6.45) is 0. The van der Waals surface area contributed by atoms with Crippen molar-refractivity contribution >= 4 is 55.7 Å². The van der Waals surface area contributed by atoms with E-state index in [1.807, 2.05) is 32.0 Å². The molecule has 1 aromatic heterocycles. The van der Waals surface area contributed by atoms with Gasteiger partial charge in [0.25, 0.3) is 5.78 Å². The Morgan fingerprint density at radius 2 is 1.80 bits per heavy atom. The number of fused-ring (bicyclic) bond motifs is 1. The fourth-order valence-corrected chi connectivity index (χ4v) is 5.36. The predicted molar refractivity (Wildman–Crippen MR) is 138 cm³/mol. The average molecular weight is 505 g/mol. The Kier molecular flexibility index (Phi) is 6.05. The van der Waals surface area contributed by atoms with Gasteiger partial charge in [0.15, 0.2) is 5.13 Å². The summed E-state index contributed by atoms with van der Waals surface area (Å²) in [5.41, 5.74) is 2.84. The number of aryl methyl sites for hydroxylation is 1. The first-order valence-electron chi connectivity index (χ1n) is 11.0. The van der Waals surface area contributed by atoms with Crippen LogP contribution in [0.2, 0.25) is 5.02 Å². The summed E-state index contributed by atoms with van der Waals surface area (Å²) in [5.74, 6) is -1.13. The summed E-state index contributed by atoms with van der Waals surface area (Å²) in [6, 6.07) is 18.6. The molecule has 0 aliphatic carbocycles. The molecule has 4 aromatic rings. The topological polar surface area (TPSA) is 79.7 Å². The number of carbonyl (C=O) groups is 2. The minimum Gasteiger partial charge on any atom is -0.507 e. The Hall–Kier alpha value is -3.68. The molecule has 0 spiro atoms. The molecule has 2 heterocycles. The number of thiazole rings is 1. The second-order valence-corrected chi connectivity index (χ2v) is 9.59. The SMILES string of the molecule is CCOc1ccc(/C(O)=C2\C(=O)C(=O)N(c3nc4ccc(C)cc4s3)[C@H]2c2ccc(Cl)cc2)cc1. The van der Waals surface area contributed by atoms with E-state index in [1.165, 1.54) is 16.2 Å². The highest BCUT2D eigenvalue weighted by molar-refractivity contribution is 7.22. The van der Waals surface area contributed by atoms with Gasteiger partial charge < -0.3 is 9.84 Å². The number of halogens is 1. The van der Waals surface area contributed by atoms with E-state index >= 15 is 0 Å². The highest BCUT2D eigenvalue weighted by Crippen LogP contribution is 2.44. The number of hydrogen-bond donors (Lipinski definition) is 1. The second kappa shape index (κ2) is 9.17. The van der Waals surface area contributed by atoms with E-state index < -0.39 is 17.7 Å². The average Bonchev–Trinajstić information content (AvgIpc) is 3.37. The molecular weight excluding hydrogens is 484 g/mol. The minimum absolute atomic E-state index is 0.00285. The zero-order chi connectivity index (χ0) is 24.7. The first-order chi connectivity index (χ1) is 16.9. The monoisotopic (exact) mass is 504 g/mol. The molecule has 35 heavy (non-hydrogen) atoms. The number of rotatable bonds is 5. The molecule has 8 heteroatoms. The van der Waals surface area contributed by atoms with Gasteiger partial charge in [0.2, 0.25) is 0 Å². The predicted octanol–water partition coefficient (Wildman–Crippen LogP) is 6.28. The Labute approximate surface area is 211 Å². The molecular formula is C27H21ClN2O4S. The molecule has 1 aliphatic rings. The van der Waals surface area contributed by atoms with E-state index in [2.05, 4.69) is 4.98 Å². The quantitative estimate of drug-likeness (QED) is 0.196. The number of carbonyl (C=O) groups excluding carboxylic acids is 2. The molecule has 1 fully saturated rings. The standard InChI is InChI=1S/C27H21ClN2O4S/c1-3-34-19-11-7-17(8-12-19)24(31)22-23(16-5-9-18(28)10-6-16)30(26(33)25(22)32)27-29-20-13-4-15(2)14-21(20)35-27/h4-14,23,31H,3H2,1-2H3/b24-22+/t23-/m0/s1. The largest absolute Gasteiger partial charge is 0.507 e. The number of aliphatic hydroxyl groups is 1. The maximum Gasteiger partial charge on any atom is 0.301 e. The first kappa shape index (κ1) is 23.1. The molecule has 1 aliphatic heterocycles. The lowest BCUT2D eigenvalue weighted by Gasteiger charge is -2.23. The maximum absolute atomic E-state index is 13.3. The van der Waals surface area contributed by atoms with Crippen LogP contribution in [0.1, 0.15) is 29.7 Å². The van der Waals surface area contributed by atoms with Gasteiger partial charge in [-0.15, -0.1) is 0 Å². The van der Waals surface area contributed by atoms with E-state index in [0.29, 0.717) is 33.6 Å². The number of ketones is 1. The number of benzene rings is 3. The van der Waals surface area contributed by atoms with Crippen molar-refractivity contribution in [2.24, 2.45) is 0 Å². The summed E-state index contributed by atoms with van der Waals surface area (Å²) in [7, 11) is 0. The van der Waals surface area contributed by atoms with Crippen molar-refractivity contribution in [2.75, 3.05) is 11.5 Å². The molecule has 3 aromatic carbocycles. The van der Waals surface area contributed by atoms with Crippen LogP contribution < -0.4 is 9.64 Å². The van der Waals surface area contributed by atoms with E-state index in [4.69, 9.17) is 16.3 Å². The van der Waals surface area contributed by atoms with Gasteiger partial charge in [-0.2, -0.15) is 0 Å². The van der Waals surface area contributed by atoms with Gasteiger partial charge in [-0.3, -0.25) is 14.5 Å². The molecule has 1 N–H and O–H groups in total. The third-order valence-corrected chi connectivity index (χ3v) is 7.08. The highest BCUT2D eigenvalue weighted by Gasteiger charge is 2.48. The number of amides is 1. The van der Waals surface area contributed by atoms with Gasteiger partial charge in [0.05, 0.1) is 28.4 Å². The number of anilines is 1. The van der Waals surface area contributed by atoms with Crippen molar-refractivity contribution in [3.05, 3.63) is 94.0 Å². The zero-order valence-electron chi connectivity index (χ0n) is 19.0. The number of Topliss-reactive ketones (excluding diaryl/α,β-unsaturated/α-hetero) is 1. The Morgan fingerprint density at radius 3 is 2.49 bits per heavy atom. The lowest BCUT2D eigenvalue weighted by molar-refractivity contribution is -0.132. The van der Waals surface area contributed by atoms with Crippen LogP contribution >= 0.6 is 22.9 Å². The van der Waals surface area contributed by atoms with Crippen molar-refractivity contribution in [3.63, 3.8) is 0 Å². The summed E-state index contributed by atoms with van der Waals surface area (Å²) < 4.78 is 6.38. The number of nitrogens with zero attached hydrogens (tertiary/aromatic N) is 2.